The van der Waals surface area contributed by atoms with Gasteiger partial charge in [-0.05, 0) is 60.6 Å². The fraction of sp³-hybridized carbons (Fsp3) is 0.667. The summed E-state index contributed by atoms with van der Waals surface area (Å²) in [4.78, 5) is 0.429. The Bertz CT molecular complexity index is 471. The van der Waals surface area contributed by atoms with Crippen LogP contribution in [-0.2, 0) is 0 Å². The maximum absolute atomic E-state index is 5.28. The third kappa shape index (κ3) is 4.25. The van der Waals surface area contributed by atoms with Gasteiger partial charge < -0.3 is 4.74 Å². The first-order valence-corrected chi connectivity index (χ1v) is 9.51. The predicted molar refractivity (Wildman–Crippen MR) is 97.3 cm³/mol. The molecule has 1 aliphatic carbocycles. The molecular weight excluding hydrogens is 392 g/mol. The molecule has 2 rings (SSSR count). The molecule has 0 amide bonds. The molecule has 1 saturated carbocycles. The zero-order valence-corrected chi connectivity index (χ0v) is 16.6. The molecule has 21 heavy (non-hydrogen) atoms. The molecule has 1 aliphatic rings. The van der Waals surface area contributed by atoms with Gasteiger partial charge in [0.15, 0.2) is 0 Å². The molecule has 0 saturated heterocycles. The number of alkyl halides is 1. The van der Waals surface area contributed by atoms with Crippen LogP contribution in [-0.4, -0.2) is 7.11 Å². The Labute approximate surface area is 146 Å². The van der Waals surface area contributed by atoms with Gasteiger partial charge in [-0.15, -0.1) is 0 Å². The largest absolute Gasteiger partial charge is 0.497 e. The van der Waals surface area contributed by atoms with E-state index < -0.39 is 0 Å². The van der Waals surface area contributed by atoms with Crippen LogP contribution in [0.25, 0.3) is 0 Å². The van der Waals surface area contributed by atoms with Crippen molar-refractivity contribution in [3.05, 3.63) is 28.2 Å². The first-order valence-electron chi connectivity index (χ1n) is 7.80. The summed E-state index contributed by atoms with van der Waals surface area (Å²) in [5.74, 6) is 2.50. The molecule has 0 bridgehead atoms. The van der Waals surface area contributed by atoms with E-state index >= 15 is 0 Å². The van der Waals surface area contributed by atoms with Crippen molar-refractivity contribution in [2.45, 2.75) is 51.3 Å². The van der Waals surface area contributed by atoms with E-state index in [2.05, 4.69) is 70.8 Å². The Morgan fingerprint density at radius 1 is 1.14 bits per heavy atom. The van der Waals surface area contributed by atoms with Crippen LogP contribution in [0.2, 0.25) is 0 Å². The second-order valence-corrected chi connectivity index (χ2v) is 9.11. The van der Waals surface area contributed by atoms with Crippen molar-refractivity contribution in [2.75, 3.05) is 7.11 Å². The Hall–Kier alpha value is -0.0200. The Kier molecular flexibility index (Phi) is 5.81. The first-order chi connectivity index (χ1) is 9.82. The lowest BCUT2D eigenvalue weighted by Gasteiger charge is -2.38. The van der Waals surface area contributed by atoms with E-state index in [1.807, 2.05) is 0 Å². The standard InChI is InChI=1S/C18H26Br2O/c1-18(2,3)13-7-5-12(6-8-13)17(20)15-10-9-14(21-4)11-16(15)19/h9-13,17H,5-8H2,1-4H3. The van der Waals surface area contributed by atoms with E-state index in [4.69, 9.17) is 4.74 Å². The summed E-state index contributed by atoms with van der Waals surface area (Å²) in [6.45, 7) is 7.14. The number of rotatable bonds is 3. The van der Waals surface area contributed by atoms with E-state index in [9.17, 15) is 0 Å². The topological polar surface area (TPSA) is 9.23 Å². The summed E-state index contributed by atoms with van der Waals surface area (Å²) in [6, 6.07) is 6.29. The maximum Gasteiger partial charge on any atom is 0.120 e. The molecule has 0 N–H and O–H groups in total. The zero-order valence-electron chi connectivity index (χ0n) is 13.5. The lowest BCUT2D eigenvalue weighted by Crippen LogP contribution is -2.27. The van der Waals surface area contributed by atoms with Gasteiger partial charge in [0.05, 0.1) is 7.11 Å². The maximum atomic E-state index is 5.28. The monoisotopic (exact) mass is 416 g/mol. The predicted octanol–water partition coefficient (Wildman–Crippen LogP) is 6.75. The van der Waals surface area contributed by atoms with Crippen LogP contribution in [0.4, 0.5) is 0 Å². The summed E-state index contributed by atoms with van der Waals surface area (Å²) in [5.41, 5.74) is 1.79. The van der Waals surface area contributed by atoms with E-state index in [1.54, 1.807) is 7.11 Å². The number of hydrogen-bond donors (Lipinski definition) is 0. The average Bonchev–Trinajstić information content (AvgIpc) is 2.45. The number of hydrogen-bond acceptors (Lipinski definition) is 1. The highest BCUT2D eigenvalue weighted by molar-refractivity contribution is 9.11. The molecular formula is C18H26Br2O. The second-order valence-electron chi connectivity index (χ2n) is 7.27. The lowest BCUT2D eigenvalue weighted by molar-refractivity contribution is 0.149. The molecule has 1 fully saturated rings. The minimum Gasteiger partial charge on any atom is -0.497 e. The van der Waals surface area contributed by atoms with Crippen molar-refractivity contribution < 1.29 is 4.74 Å². The van der Waals surface area contributed by atoms with Crippen LogP contribution >= 0.6 is 31.9 Å². The van der Waals surface area contributed by atoms with Gasteiger partial charge in [-0.3, -0.25) is 0 Å². The molecule has 3 heteroatoms. The highest BCUT2D eigenvalue weighted by atomic mass is 79.9. The molecule has 1 aromatic carbocycles. The van der Waals surface area contributed by atoms with E-state index in [1.165, 1.54) is 31.2 Å². The zero-order chi connectivity index (χ0) is 15.6. The third-order valence-corrected chi connectivity index (χ3v) is 6.84. The van der Waals surface area contributed by atoms with Crippen molar-refractivity contribution in [1.29, 1.82) is 0 Å². The number of benzene rings is 1. The number of methoxy groups -OCH3 is 1. The Balaban J connectivity index is 2.03. The van der Waals surface area contributed by atoms with Gasteiger partial charge in [0, 0.05) is 9.30 Å². The highest BCUT2D eigenvalue weighted by Crippen LogP contribution is 2.47. The fourth-order valence-corrected chi connectivity index (χ4v) is 5.23. The summed E-state index contributed by atoms with van der Waals surface area (Å²) in [7, 11) is 1.71. The fourth-order valence-electron chi connectivity index (χ4n) is 3.39. The van der Waals surface area contributed by atoms with Crippen molar-refractivity contribution in [2.24, 2.45) is 17.3 Å². The first kappa shape index (κ1) is 17.3. The molecule has 1 aromatic rings. The van der Waals surface area contributed by atoms with Crippen molar-refractivity contribution in [1.82, 2.24) is 0 Å². The van der Waals surface area contributed by atoms with Gasteiger partial charge in [-0.2, -0.15) is 0 Å². The number of halogens is 2. The van der Waals surface area contributed by atoms with Gasteiger partial charge in [0.25, 0.3) is 0 Å². The normalized spacial score (nSPS) is 24.7. The molecule has 1 atom stereocenters. The second kappa shape index (κ2) is 7.04. The van der Waals surface area contributed by atoms with Gasteiger partial charge in [-0.1, -0.05) is 58.7 Å². The van der Waals surface area contributed by atoms with Crippen LogP contribution in [0.3, 0.4) is 0 Å². The molecule has 0 heterocycles. The molecule has 0 aliphatic heterocycles. The van der Waals surface area contributed by atoms with Gasteiger partial charge in [-0.25, -0.2) is 0 Å². The van der Waals surface area contributed by atoms with E-state index in [0.29, 0.717) is 10.2 Å². The summed E-state index contributed by atoms with van der Waals surface area (Å²) >= 11 is 7.63. The quantitative estimate of drug-likeness (QED) is 0.494. The van der Waals surface area contributed by atoms with E-state index in [0.717, 1.165) is 22.1 Å². The van der Waals surface area contributed by atoms with Gasteiger partial charge in [0.2, 0.25) is 0 Å². The molecule has 0 radical (unpaired) electrons. The smallest absolute Gasteiger partial charge is 0.120 e. The SMILES string of the molecule is COc1ccc(C(Br)C2CCC(C(C)(C)C)CC2)c(Br)c1. The summed E-state index contributed by atoms with van der Waals surface area (Å²) in [6.07, 6.45) is 5.33. The minimum absolute atomic E-state index is 0.429. The molecule has 1 nitrogen and oxygen atoms in total. The Morgan fingerprint density at radius 3 is 2.24 bits per heavy atom. The summed E-state index contributed by atoms with van der Waals surface area (Å²) in [5, 5.41) is 0. The van der Waals surface area contributed by atoms with Crippen molar-refractivity contribution >= 4 is 31.9 Å². The molecule has 0 aromatic heterocycles. The third-order valence-electron chi connectivity index (χ3n) is 4.92. The van der Waals surface area contributed by atoms with Gasteiger partial charge in [0.1, 0.15) is 5.75 Å². The van der Waals surface area contributed by atoms with Crippen LogP contribution in [0.5, 0.6) is 5.75 Å². The van der Waals surface area contributed by atoms with Crippen LogP contribution in [0, 0.1) is 17.3 Å². The number of ether oxygens (including phenoxy) is 1. The Morgan fingerprint density at radius 2 is 1.76 bits per heavy atom. The minimum atomic E-state index is 0.429. The van der Waals surface area contributed by atoms with Crippen LogP contribution in [0.1, 0.15) is 56.8 Å². The lowest BCUT2D eigenvalue weighted by atomic mass is 9.69. The van der Waals surface area contributed by atoms with E-state index in [-0.39, 0.29) is 0 Å². The van der Waals surface area contributed by atoms with Crippen LogP contribution in [0.15, 0.2) is 22.7 Å². The van der Waals surface area contributed by atoms with Crippen LogP contribution < -0.4 is 4.74 Å². The average molecular weight is 418 g/mol. The molecule has 1 unspecified atom stereocenters. The molecule has 0 spiro atoms. The van der Waals surface area contributed by atoms with Gasteiger partial charge >= 0.3 is 0 Å². The summed E-state index contributed by atoms with van der Waals surface area (Å²) < 4.78 is 6.42. The highest BCUT2D eigenvalue weighted by Gasteiger charge is 2.33. The van der Waals surface area contributed by atoms with Crippen molar-refractivity contribution in [3.63, 3.8) is 0 Å². The molecule has 118 valence electrons. The van der Waals surface area contributed by atoms with Crippen molar-refractivity contribution in [3.8, 4) is 5.75 Å².